The number of hydrogen-bond acceptors (Lipinski definition) is 6. The fourth-order valence-electron chi connectivity index (χ4n) is 1.15. The summed E-state index contributed by atoms with van der Waals surface area (Å²) in [6, 6.07) is 1.16. The number of carbonyl (C=O) groups excluding carboxylic acids is 1. The molecular formula is C9H13N3O5. The minimum atomic E-state index is -0.678. The third-order valence-corrected chi connectivity index (χ3v) is 1.98. The van der Waals surface area contributed by atoms with Gasteiger partial charge in [-0.25, -0.2) is 14.4 Å². The zero-order valence-corrected chi connectivity index (χ0v) is 9.96. The molecule has 1 heterocycles. The van der Waals surface area contributed by atoms with E-state index in [2.05, 4.69) is 14.8 Å². The Morgan fingerprint density at radius 2 is 1.94 bits per heavy atom. The van der Waals surface area contributed by atoms with Crippen molar-refractivity contribution in [3.63, 3.8) is 0 Å². The molecule has 0 aliphatic heterocycles. The van der Waals surface area contributed by atoms with Crippen molar-refractivity contribution in [2.75, 3.05) is 21.3 Å². The molecule has 0 aliphatic carbocycles. The van der Waals surface area contributed by atoms with Crippen molar-refractivity contribution in [2.24, 2.45) is 7.05 Å². The minimum absolute atomic E-state index is 0.0530. The first kappa shape index (κ1) is 13.1. The van der Waals surface area contributed by atoms with Gasteiger partial charge in [-0.1, -0.05) is 5.23 Å². The van der Waals surface area contributed by atoms with Gasteiger partial charge in [0.1, 0.15) is 0 Å². The van der Waals surface area contributed by atoms with Crippen molar-refractivity contribution in [2.45, 2.75) is 0 Å². The summed E-state index contributed by atoms with van der Waals surface area (Å²) in [5.41, 5.74) is -0.474. The van der Waals surface area contributed by atoms with E-state index in [0.717, 1.165) is 10.7 Å². The van der Waals surface area contributed by atoms with Crippen LogP contribution < -0.4 is 10.3 Å². The molecular weight excluding hydrogens is 230 g/mol. The lowest BCUT2D eigenvalue weighted by molar-refractivity contribution is -0.299. The molecule has 0 aromatic carbocycles. The van der Waals surface area contributed by atoms with E-state index < -0.39 is 5.91 Å². The van der Waals surface area contributed by atoms with Gasteiger partial charge < -0.3 is 4.74 Å². The van der Waals surface area contributed by atoms with Crippen molar-refractivity contribution in [1.82, 2.24) is 15.0 Å². The zero-order valence-electron chi connectivity index (χ0n) is 9.96. The lowest BCUT2D eigenvalue weighted by Gasteiger charge is -2.16. The molecule has 1 aromatic rings. The number of carbonyl (C=O) groups is 1. The number of nitrogens with zero attached hydrogens (tertiary/aromatic N) is 3. The van der Waals surface area contributed by atoms with Gasteiger partial charge in [-0.3, -0.25) is 9.59 Å². The Hall–Kier alpha value is -1.93. The standard InChI is InChI=1S/C9H13N3O5/c1-11-7(13)5-6(15-2)8(10-11)9(14)12(16-3)17-4/h5H,1-4H3. The second kappa shape index (κ2) is 5.41. The molecule has 0 unspecified atom stereocenters. The summed E-state index contributed by atoms with van der Waals surface area (Å²) in [6.45, 7) is 0. The maximum Gasteiger partial charge on any atom is 0.327 e. The Balaban J connectivity index is 3.25. The molecule has 0 fully saturated rings. The number of amides is 1. The van der Waals surface area contributed by atoms with E-state index in [-0.39, 0.29) is 17.0 Å². The van der Waals surface area contributed by atoms with Crippen molar-refractivity contribution in [3.8, 4) is 5.75 Å². The minimum Gasteiger partial charge on any atom is -0.494 e. The van der Waals surface area contributed by atoms with Crippen LogP contribution in [0.4, 0.5) is 0 Å². The Bertz CT molecular complexity index is 466. The Kier molecular flexibility index (Phi) is 4.18. The molecule has 1 aromatic heterocycles. The predicted octanol–water partition coefficient (Wildman–Crippen LogP) is -0.646. The monoisotopic (exact) mass is 243 g/mol. The summed E-state index contributed by atoms with van der Waals surface area (Å²) in [6.07, 6.45) is 0. The molecule has 0 radical (unpaired) electrons. The van der Waals surface area contributed by atoms with Gasteiger partial charge in [0.05, 0.1) is 21.3 Å². The third-order valence-electron chi connectivity index (χ3n) is 1.98. The predicted molar refractivity (Wildman–Crippen MR) is 56.2 cm³/mol. The van der Waals surface area contributed by atoms with E-state index >= 15 is 0 Å². The third kappa shape index (κ3) is 2.60. The molecule has 8 nitrogen and oxygen atoms in total. The van der Waals surface area contributed by atoms with Gasteiger partial charge in [-0.05, 0) is 0 Å². The first-order valence-electron chi connectivity index (χ1n) is 4.60. The number of hydrogen-bond donors (Lipinski definition) is 0. The number of hydroxylamine groups is 2. The van der Waals surface area contributed by atoms with Crippen LogP contribution in [0.2, 0.25) is 0 Å². The van der Waals surface area contributed by atoms with Crippen LogP contribution in [-0.4, -0.2) is 42.2 Å². The van der Waals surface area contributed by atoms with Crippen molar-refractivity contribution < 1.29 is 19.2 Å². The normalized spacial score (nSPS) is 10.1. The average Bonchev–Trinajstić information content (AvgIpc) is 2.33. The van der Waals surface area contributed by atoms with Crippen LogP contribution in [0.5, 0.6) is 5.75 Å². The Morgan fingerprint density at radius 1 is 1.35 bits per heavy atom. The number of rotatable bonds is 4. The largest absolute Gasteiger partial charge is 0.494 e. The molecule has 0 atom stereocenters. The fourth-order valence-corrected chi connectivity index (χ4v) is 1.15. The molecule has 0 N–H and O–H groups in total. The number of methoxy groups -OCH3 is 1. The van der Waals surface area contributed by atoms with E-state index in [1.54, 1.807) is 0 Å². The second-order valence-electron chi connectivity index (χ2n) is 2.95. The average molecular weight is 243 g/mol. The van der Waals surface area contributed by atoms with Gasteiger partial charge in [-0.15, -0.1) is 0 Å². The van der Waals surface area contributed by atoms with Crippen LogP contribution in [0.1, 0.15) is 10.5 Å². The highest BCUT2D eigenvalue weighted by atomic mass is 16.9. The van der Waals surface area contributed by atoms with Crippen LogP contribution in [0, 0.1) is 0 Å². The van der Waals surface area contributed by atoms with Crippen molar-refractivity contribution >= 4 is 5.91 Å². The van der Waals surface area contributed by atoms with Crippen LogP contribution in [0.15, 0.2) is 10.9 Å². The van der Waals surface area contributed by atoms with Crippen molar-refractivity contribution in [3.05, 3.63) is 22.1 Å². The van der Waals surface area contributed by atoms with Crippen LogP contribution in [0.25, 0.3) is 0 Å². The molecule has 1 rings (SSSR count). The van der Waals surface area contributed by atoms with Gasteiger partial charge >= 0.3 is 5.91 Å². The number of ether oxygens (including phenoxy) is 1. The van der Waals surface area contributed by atoms with Gasteiger partial charge in [0.25, 0.3) is 5.56 Å². The van der Waals surface area contributed by atoms with E-state index in [4.69, 9.17) is 4.74 Å². The molecule has 0 bridgehead atoms. The smallest absolute Gasteiger partial charge is 0.327 e. The van der Waals surface area contributed by atoms with Gasteiger partial charge in [0.15, 0.2) is 11.4 Å². The summed E-state index contributed by atoms with van der Waals surface area (Å²) in [5, 5.41) is 4.41. The molecule has 0 saturated carbocycles. The second-order valence-corrected chi connectivity index (χ2v) is 2.95. The van der Waals surface area contributed by atoms with Crippen molar-refractivity contribution in [1.29, 1.82) is 0 Å². The molecule has 0 spiro atoms. The summed E-state index contributed by atoms with van der Waals surface area (Å²) < 4.78 is 5.92. The molecule has 0 aliphatic rings. The van der Waals surface area contributed by atoms with Gasteiger partial charge in [0, 0.05) is 13.1 Å². The Morgan fingerprint density at radius 3 is 2.41 bits per heavy atom. The van der Waals surface area contributed by atoms with Crippen LogP contribution in [-0.2, 0) is 16.7 Å². The summed E-state index contributed by atoms with van der Waals surface area (Å²) in [5.74, 6) is -0.625. The first-order chi connectivity index (χ1) is 8.04. The Labute approximate surface area is 97.2 Å². The summed E-state index contributed by atoms with van der Waals surface area (Å²) in [7, 11) is 5.27. The van der Waals surface area contributed by atoms with Crippen LogP contribution >= 0.6 is 0 Å². The van der Waals surface area contributed by atoms with E-state index in [1.807, 2.05) is 0 Å². The van der Waals surface area contributed by atoms with E-state index in [9.17, 15) is 9.59 Å². The topological polar surface area (TPSA) is 82.9 Å². The van der Waals surface area contributed by atoms with E-state index in [0.29, 0.717) is 5.23 Å². The highest BCUT2D eigenvalue weighted by molar-refractivity contribution is 5.93. The quantitative estimate of drug-likeness (QED) is 0.654. The van der Waals surface area contributed by atoms with Gasteiger partial charge in [0.2, 0.25) is 0 Å². The number of aryl methyl sites for hydroxylation is 1. The molecule has 0 saturated heterocycles. The molecule has 94 valence electrons. The SMILES string of the molecule is COc1cc(=O)n(C)nc1C(=O)N(OC)OC. The molecule has 1 amide bonds. The summed E-state index contributed by atoms with van der Waals surface area (Å²) in [4.78, 5) is 32.5. The maximum absolute atomic E-state index is 11.9. The lowest BCUT2D eigenvalue weighted by atomic mass is 10.3. The van der Waals surface area contributed by atoms with E-state index in [1.165, 1.54) is 28.4 Å². The number of aromatic nitrogens is 2. The molecule has 17 heavy (non-hydrogen) atoms. The van der Waals surface area contributed by atoms with Gasteiger partial charge in [-0.2, -0.15) is 5.10 Å². The maximum atomic E-state index is 11.9. The lowest BCUT2D eigenvalue weighted by Crippen LogP contribution is -2.32. The zero-order chi connectivity index (χ0) is 13.0. The summed E-state index contributed by atoms with van der Waals surface area (Å²) >= 11 is 0. The highest BCUT2D eigenvalue weighted by Gasteiger charge is 2.23. The molecule has 8 heteroatoms. The first-order valence-corrected chi connectivity index (χ1v) is 4.60. The fraction of sp³-hybridized carbons (Fsp3) is 0.444. The van der Waals surface area contributed by atoms with Crippen LogP contribution in [0.3, 0.4) is 0 Å². The highest BCUT2D eigenvalue weighted by Crippen LogP contribution is 2.14.